The topological polar surface area (TPSA) is 65.1 Å². The van der Waals surface area contributed by atoms with Crippen LogP contribution in [0.2, 0.25) is 0 Å². The largest absolute Gasteiger partial charge is 0.465 e. The van der Waals surface area contributed by atoms with Crippen LogP contribution < -0.4 is 0 Å². The van der Waals surface area contributed by atoms with Gasteiger partial charge in [0.1, 0.15) is 0 Å². The molecule has 6 heteroatoms. The Balaban J connectivity index is 2.14. The van der Waals surface area contributed by atoms with E-state index in [4.69, 9.17) is 14.2 Å². The van der Waals surface area contributed by atoms with E-state index in [1.54, 1.807) is 13.8 Å². The molecule has 1 aromatic rings. The number of hydrogen-bond donors (Lipinski definition) is 0. The van der Waals surface area contributed by atoms with Crippen molar-refractivity contribution in [3.63, 3.8) is 0 Å². The minimum Gasteiger partial charge on any atom is -0.465 e. The number of benzene rings is 1. The lowest BCUT2D eigenvalue weighted by Gasteiger charge is -2.28. The van der Waals surface area contributed by atoms with Crippen molar-refractivity contribution in [3.8, 4) is 0 Å². The Bertz CT molecular complexity index is 553. The molecule has 1 aromatic carbocycles. The highest BCUT2D eigenvalue weighted by Crippen LogP contribution is 2.32. The first-order chi connectivity index (χ1) is 13.2. The van der Waals surface area contributed by atoms with Gasteiger partial charge in [0.2, 0.25) is 0 Å². The Morgan fingerprint density at radius 2 is 1.63 bits per heavy atom. The molecule has 2 rings (SSSR count). The maximum absolute atomic E-state index is 12.6. The van der Waals surface area contributed by atoms with E-state index in [0.717, 1.165) is 44.8 Å². The molecule has 1 aliphatic heterocycles. The number of rotatable bonds is 10. The number of ether oxygens (including phenoxy) is 3. The van der Waals surface area contributed by atoms with Crippen LogP contribution in [0.5, 0.6) is 0 Å². The lowest BCUT2D eigenvalue weighted by Crippen LogP contribution is -2.37. The molecular formula is C21H31NO5. The van der Waals surface area contributed by atoms with Gasteiger partial charge >= 0.3 is 11.9 Å². The van der Waals surface area contributed by atoms with E-state index in [1.165, 1.54) is 0 Å². The molecule has 0 aliphatic carbocycles. The van der Waals surface area contributed by atoms with Crippen LogP contribution in [0, 0.1) is 5.92 Å². The van der Waals surface area contributed by atoms with Gasteiger partial charge in [-0.2, -0.15) is 0 Å². The van der Waals surface area contributed by atoms with E-state index in [9.17, 15) is 9.59 Å². The first kappa shape index (κ1) is 21.4. The second-order valence-corrected chi connectivity index (χ2v) is 6.60. The van der Waals surface area contributed by atoms with Crippen LogP contribution in [0.1, 0.15) is 38.2 Å². The fraction of sp³-hybridized carbons (Fsp3) is 0.619. The maximum atomic E-state index is 12.6. The molecule has 0 radical (unpaired) electrons. The molecule has 1 fully saturated rings. The average molecular weight is 377 g/mol. The molecule has 1 saturated heterocycles. The summed E-state index contributed by atoms with van der Waals surface area (Å²) in [5, 5.41) is 0. The highest BCUT2D eigenvalue weighted by molar-refractivity contribution is 5.96. The van der Waals surface area contributed by atoms with E-state index < -0.39 is 17.9 Å². The van der Waals surface area contributed by atoms with E-state index in [2.05, 4.69) is 4.90 Å². The van der Waals surface area contributed by atoms with Crippen LogP contribution in [-0.2, 0) is 23.8 Å². The third-order valence-electron chi connectivity index (χ3n) is 4.80. The first-order valence-corrected chi connectivity index (χ1v) is 9.85. The Kier molecular flexibility index (Phi) is 9.28. The molecular weight excluding hydrogens is 346 g/mol. The quantitative estimate of drug-likeness (QED) is 0.461. The minimum absolute atomic E-state index is 0.240. The Labute approximate surface area is 161 Å². The van der Waals surface area contributed by atoms with Crippen molar-refractivity contribution in [1.29, 1.82) is 0 Å². The van der Waals surface area contributed by atoms with E-state index >= 15 is 0 Å². The summed E-state index contributed by atoms with van der Waals surface area (Å²) in [5.74, 6) is -2.20. The predicted molar refractivity (Wildman–Crippen MR) is 102 cm³/mol. The van der Waals surface area contributed by atoms with Crippen LogP contribution in [0.25, 0.3) is 0 Å². The predicted octanol–water partition coefficient (Wildman–Crippen LogP) is 2.63. The molecule has 0 amide bonds. The molecule has 150 valence electrons. The van der Waals surface area contributed by atoms with Crippen molar-refractivity contribution in [2.24, 2.45) is 5.92 Å². The van der Waals surface area contributed by atoms with Crippen molar-refractivity contribution >= 4 is 11.9 Å². The molecule has 1 unspecified atom stereocenters. The van der Waals surface area contributed by atoms with Gasteiger partial charge in [0.05, 0.1) is 26.4 Å². The van der Waals surface area contributed by atoms with Crippen molar-refractivity contribution in [2.45, 2.75) is 32.6 Å². The Morgan fingerprint density at radius 3 is 2.19 bits per heavy atom. The zero-order chi connectivity index (χ0) is 19.5. The second-order valence-electron chi connectivity index (χ2n) is 6.60. The second kappa shape index (κ2) is 11.7. The summed E-state index contributed by atoms with van der Waals surface area (Å²) >= 11 is 0. The summed E-state index contributed by atoms with van der Waals surface area (Å²) in [5.41, 5.74) is 0.964. The van der Waals surface area contributed by atoms with Crippen molar-refractivity contribution in [1.82, 2.24) is 4.90 Å². The normalized spacial score (nSPS) is 16.1. The van der Waals surface area contributed by atoms with Gasteiger partial charge in [0.25, 0.3) is 0 Å². The summed E-state index contributed by atoms with van der Waals surface area (Å²) in [6.45, 7) is 8.27. The average Bonchev–Trinajstić information content (AvgIpc) is 2.69. The molecule has 1 atom stereocenters. The molecule has 0 bridgehead atoms. The summed E-state index contributed by atoms with van der Waals surface area (Å²) in [6.07, 6.45) is 1.60. The molecule has 1 heterocycles. The number of morpholine rings is 1. The van der Waals surface area contributed by atoms with Crippen LogP contribution in [0.3, 0.4) is 0 Å². The van der Waals surface area contributed by atoms with Crippen LogP contribution >= 0.6 is 0 Å². The molecule has 6 nitrogen and oxygen atoms in total. The van der Waals surface area contributed by atoms with Gasteiger partial charge in [-0.3, -0.25) is 14.5 Å². The zero-order valence-corrected chi connectivity index (χ0v) is 16.4. The van der Waals surface area contributed by atoms with Gasteiger partial charge < -0.3 is 14.2 Å². The highest BCUT2D eigenvalue weighted by atomic mass is 16.6. The van der Waals surface area contributed by atoms with Crippen LogP contribution in [0.4, 0.5) is 0 Å². The molecule has 1 aliphatic rings. The summed E-state index contributed by atoms with van der Waals surface area (Å²) < 4.78 is 15.8. The monoisotopic (exact) mass is 377 g/mol. The number of esters is 2. The van der Waals surface area contributed by atoms with Gasteiger partial charge in [0, 0.05) is 19.0 Å². The lowest BCUT2D eigenvalue weighted by atomic mass is 9.82. The molecule has 0 saturated carbocycles. The van der Waals surface area contributed by atoms with Gasteiger partial charge in [-0.05, 0) is 38.8 Å². The van der Waals surface area contributed by atoms with Gasteiger partial charge in [-0.25, -0.2) is 0 Å². The first-order valence-electron chi connectivity index (χ1n) is 9.85. The van der Waals surface area contributed by atoms with Crippen molar-refractivity contribution in [2.75, 3.05) is 46.1 Å². The zero-order valence-electron chi connectivity index (χ0n) is 16.4. The van der Waals surface area contributed by atoms with E-state index in [1.807, 2.05) is 30.3 Å². The molecule has 27 heavy (non-hydrogen) atoms. The number of hydrogen-bond acceptors (Lipinski definition) is 6. The number of carbonyl (C=O) groups excluding carboxylic acids is 2. The Morgan fingerprint density at radius 1 is 1.04 bits per heavy atom. The van der Waals surface area contributed by atoms with Gasteiger partial charge in [-0.1, -0.05) is 30.3 Å². The van der Waals surface area contributed by atoms with Crippen LogP contribution in [0.15, 0.2) is 30.3 Å². The maximum Gasteiger partial charge on any atom is 0.320 e. The smallest absolute Gasteiger partial charge is 0.320 e. The third-order valence-corrected chi connectivity index (χ3v) is 4.80. The number of nitrogens with zero attached hydrogens (tertiary/aromatic N) is 1. The standard InChI is InChI=1S/C21H31NO5/c1-3-26-20(23)19(21(24)27-4-2)18(17-9-6-5-7-10-17)11-8-12-22-13-15-25-16-14-22/h5-7,9-10,18-19H,3-4,8,11-16H2,1-2H3. The fourth-order valence-electron chi connectivity index (χ4n) is 3.47. The molecule has 0 spiro atoms. The van der Waals surface area contributed by atoms with Gasteiger partial charge in [0.15, 0.2) is 5.92 Å². The fourth-order valence-corrected chi connectivity index (χ4v) is 3.47. The van der Waals surface area contributed by atoms with Crippen molar-refractivity contribution < 1.29 is 23.8 Å². The molecule has 0 aromatic heterocycles. The SMILES string of the molecule is CCOC(=O)C(C(=O)OCC)C(CCCN1CCOCC1)c1ccccc1. The minimum atomic E-state index is -0.933. The molecule has 0 N–H and O–H groups in total. The Hall–Kier alpha value is -1.92. The number of carbonyl (C=O) groups is 2. The van der Waals surface area contributed by atoms with E-state index in [-0.39, 0.29) is 19.1 Å². The summed E-state index contributed by atoms with van der Waals surface area (Å²) in [7, 11) is 0. The van der Waals surface area contributed by atoms with E-state index in [0.29, 0.717) is 6.42 Å². The summed E-state index contributed by atoms with van der Waals surface area (Å²) in [4.78, 5) is 27.5. The third kappa shape index (κ3) is 6.63. The summed E-state index contributed by atoms with van der Waals surface area (Å²) in [6, 6.07) is 9.71. The van der Waals surface area contributed by atoms with Gasteiger partial charge in [-0.15, -0.1) is 0 Å². The van der Waals surface area contributed by atoms with Crippen LogP contribution in [-0.4, -0.2) is 62.9 Å². The lowest BCUT2D eigenvalue weighted by molar-refractivity contribution is -0.163. The highest BCUT2D eigenvalue weighted by Gasteiger charge is 2.38. The van der Waals surface area contributed by atoms with Crippen molar-refractivity contribution in [3.05, 3.63) is 35.9 Å².